The number of methoxy groups -OCH3 is 1. The zero-order chi connectivity index (χ0) is 22.4. The Morgan fingerprint density at radius 1 is 1.26 bits per heavy atom. The standard InChI is InChI=1S/C26H32O4S/c1-4-7-18(8-5-6-9-24(28)29)25-22-15-12-20(27)16-23(22)31-17-26(25,2)19-10-13-21(30-3)14-11-19/h5-6,10-16,18,25,27H,4,7-9,17H2,1-3H3,(H,28,29)/b6-5+. The van der Waals surface area contributed by atoms with E-state index in [9.17, 15) is 9.90 Å². The molecule has 2 N–H and O–H groups in total. The summed E-state index contributed by atoms with van der Waals surface area (Å²) in [5.74, 6) is 1.88. The van der Waals surface area contributed by atoms with Gasteiger partial charge in [0, 0.05) is 16.1 Å². The molecule has 0 bridgehead atoms. The lowest BCUT2D eigenvalue weighted by atomic mass is 9.63. The monoisotopic (exact) mass is 440 g/mol. The molecule has 5 heteroatoms. The fourth-order valence-electron chi connectivity index (χ4n) is 4.82. The van der Waals surface area contributed by atoms with Gasteiger partial charge in [0.05, 0.1) is 13.5 Å². The zero-order valence-electron chi connectivity index (χ0n) is 18.5. The summed E-state index contributed by atoms with van der Waals surface area (Å²) in [5.41, 5.74) is 2.46. The van der Waals surface area contributed by atoms with Crippen LogP contribution in [0.4, 0.5) is 0 Å². The highest BCUT2D eigenvalue weighted by molar-refractivity contribution is 7.99. The third-order valence-corrected chi connectivity index (χ3v) is 7.73. The number of carbonyl (C=O) groups is 1. The van der Waals surface area contributed by atoms with Crippen molar-refractivity contribution >= 4 is 17.7 Å². The molecule has 3 atom stereocenters. The Kier molecular flexibility index (Phi) is 7.71. The van der Waals surface area contributed by atoms with Gasteiger partial charge in [-0.3, -0.25) is 4.79 Å². The zero-order valence-corrected chi connectivity index (χ0v) is 19.3. The highest BCUT2D eigenvalue weighted by atomic mass is 32.2. The predicted molar refractivity (Wildman–Crippen MR) is 126 cm³/mol. The van der Waals surface area contributed by atoms with Crippen molar-refractivity contribution in [2.45, 2.75) is 55.8 Å². The third kappa shape index (κ3) is 5.27. The van der Waals surface area contributed by atoms with Crippen LogP contribution >= 0.6 is 11.8 Å². The smallest absolute Gasteiger partial charge is 0.307 e. The SMILES string of the molecule is CCCC(C/C=C/CC(=O)O)C1c2ccc(O)cc2SCC1(C)c1ccc(OC)cc1. The Hall–Kier alpha value is -2.40. The molecule has 1 heterocycles. The van der Waals surface area contributed by atoms with Gasteiger partial charge in [0.15, 0.2) is 0 Å². The van der Waals surface area contributed by atoms with Crippen LogP contribution < -0.4 is 4.74 Å². The number of carboxylic acids is 1. The normalized spacial score (nSPS) is 21.6. The summed E-state index contributed by atoms with van der Waals surface area (Å²) >= 11 is 1.80. The molecule has 1 aliphatic rings. The van der Waals surface area contributed by atoms with Gasteiger partial charge in [-0.1, -0.05) is 50.6 Å². The van der Waals surface area contributed by atoms with E-state index in [1.807, 2.05) is 24.3 Å². The molecular weight excluding hydrogens is 408 g/mol. The molecule has 0 aromatic heterocycles. The van der Waals surface area contributed by atoms with E-state index in [1.54, 1.807) is 31.0 Å². The van der Waals surface area contributed by atoms with Gasteiger partial charge >= 0.3 is 5.97 Å². The first-order valence-electron chi connectivity index (χ1n) is 10.9. The van der Waals surface area contributed by atoms with Crippen molar-refractivity contribution < 1.29 is 19.7 Å². The molecule has 2 aromatic carbocycles. The van der Waals surface area contributed by atoms with E-state index in [2.05, 4.69) is 32.0 Å². The molecule has 3 rings (SSSR count). The number of ether oxygens (including phenoxy) is 1. The largest absolute Gasteiger partial charge is 0.508 e. The molecule has 2 aromatic rings. The van der Waals surface area contributed by atoms with E-state index < -0.39 is 5.97 Å². The number of phenolic OH excluding ortho intramolecular Hbond substituents is 1. The molecule has 166 valence electrons. The lowest BCUT2D eigenvalue weighted by molar-refractivity contribution is -0.136. The maximum atomic E-state index is 10.9. The number of rotatable bonds is 9. The van der Waals surface area contributed by atoms with E-state index in [0.29, 0.717) is 11.7 Å². The fourth-order valence-corrected chi connectivity index (χ4v) is 6.19. The minimum Gasteiger partial charge on any atom is -0.508 e. The lowest BCUT2D eigenvalue weighted by Crippen LogP contribution is -2.40. The van der Waals surface area contributed by atoms with Crippen molar-refractivity contribution in [3.63, 3.8) is 0 Å². The Morgan fingerprint density at radius 3 is 2.65 bits per heavy atom. The third-order valence-electron chi connectivity index (χ3n) is 6.32. The average molecular weight is 441 g/mol. The van der Waals surface area contributed by atoms with E-state index >= 15 is 0 Å². The Labute approximate surface area is 189 Å². The molecule has 3 unspecified atom stereocenters. The summed E-state index contributed by atoms with van der Waals surface area (Å²) in [4.78, 5) is 12.1. The van der Waals surface area contributed by atoms with Crippen LogP contribution in [0.3, 0.4) is 0 Å². The van der Waals surface area contributed by atoms with Crippen molar-refractivity contribution in [2.24, 2.45) is 5.92 Å². The molecular formula is C26H32O4S. The molecule has 0 fully saturated rings. The van der Waals surface area contributed by atoms with Crippen LogP contribution in [-0.4, -0.2) is 29.0 Å². The number of hydrogen-bond donors (Lipinski definition) is 2. The van der Waals surface area contributed by atoms with E-state index in [-0.39, 0.29) is 17.8 Å². The number of carboxylic acid groups (broad SMARTS) is 1. The Balaban J connectivity index is 2.04. The van der Waals surface area contributed by atoms with Crippen molar-refractivity contribution in [3.05, 3.63) is 65.7 Å². The molecule has 31 heavy (non-hydrogen) atoms. The highest BCUT2D eigenvalue weighted by Gasteiger charge is 2.44. The Morgan fingerprint density at radius 2 is 2.00 bits per heavy atom. The van der Waals surface area contributed by atoms with Crippen molar-refractivity contribution in [1.29, 1.82) is 0 Å². The quantitative estimate of drug-likeness (QED) is 0.443. The van der Waals surface area contributed by atoms with Gasteiger partial charge in [0.1, 0.15) is 11.5 Å². The van der Waals surface area contributed by atoms with Gasteiger partial charge in [0.25, 0.3) is 0 Å². The number of aliphatic carboxylic acids is 1. The fraction of sp³-hybridized carbons (Fsp3) is 0.423. The molecule has 0 amide bonds. The van der Waals surface area contributed by atoms with Gasteiger partial charge in [-0.25, -0.2) is 0 Å². The molecule has 4 nitrogen and oxygen atoms in total. The lowest BCUT2D eigenvalue weighted by Gasteiger charge is -2.46. The van der Waals surface area contributed by atoms with Crippen LogP contribution in [0.5, 0.6) is 11.5 Å². The number of hydrogen-bond acceptors (Lipinski definition) is 4. The van der Waals surface area contributed by atoms with Crippen LogP contribution in [0, 0.1) is 5.92 Å². The number of allylic oxidation sites excluding steroid dienone is 1. The van der Waals surface area contributed by atoms with Crippen molar-refractivity contribution in [1.82, 2.24) is 0 Å². The van der Waals surface area contributed by atoms with E-state index in [0.717, 1.165) is 35.7 Å². The number of phenols is 1. The summed E-state index contributed by atoms with van der Waals surface area (Å²) < 4.78 is 5.37. The number of aromatic hydroxyl groups is 1. The van der Waals surface area contributed by atoms with Gasteiger partial charge in [-0.05, 0) is 60.1 Å². The summed E-state index contributed by atoms with van der Waals surface area (Å²) in [6, 6.07) is 14.1. The summed E-state index contributed by atoms with van der Waals surface area (Å²) in [6.45, 7) is 4.54. The van der Waals surface area contributed by atoms with Crippen molar-refractivity contribution in [3.8, 4) is 11.5 Å². The van der Waals surface area contributed by atoms with Gasteiger partial charge in [-0.15, -0.1) is 11.8 Å². The number of thioether (sulfide) groups is 1. The van der Waals surface area contributed by atoms with Crippen LogP contribution in [0.15, 0.2) is 59.5 Å². The molecule has 0 saturated carbocycles. The minimum atomic E-state index is -0.804. The predicted octanol–water partition coefficient (Wildman–Crippen LogP) is 6.39. The first-order valence-corrected chi connectivity index (χ1v) is 11.8. The van der Waals surface area contributed by atoms with Gasteiger partial charge in [-0.2, -0.15) is 0 Å². The summed E-state index contributed by atoms with van der Waals surface area (Å²) in [6.07, 6.45) is 6.81. The van der Waals surface area contributed by atoms with Crippen LogP contribution in [-0.2, 0) is 10.2 Å². The van der Waals surface area contributed by atoms with Crippen LogP contribution in [0.1, 0.15) is 56.6 Å². The Bertz CT molecular complexity index is 922. The van der Waals surface area contributed by atoms with Crippen molar-refractivity contribution in [2.75, 3.05) is 12.9 Å². The topological polar surface area (TPSA) is 66.8 Å². The summed E-state index contributed by atoms with van der Waals surface area (Å²) in [7, 11) is 1.68. The second-order valence-corrected chi connectivity index (χ2v) is 9.51. The molecule has 1 aliphatic heterocycles. The van der Waals surface area contributed by atoms with E-state index in [4.69, 9.17) is 9.84 Å². The van der Waals surface area contributed by atoms with Gasteiger partial charge < -0.3 is 14.9 Å². The van der Waals surface area contributed by atoms with Gasteiger partial charge in [0.2, 0.25) is 0 Å². The second-order valence-electron chi connectivity index (χ2n) is 8.49. The first-order chi connectivity index (χ1) is 14.9. The summed E-state index contributed by atoms with van der Waals surface area (Å²) in [5, 5.41) is 19.0. The number of fused-ring (bicyclic) bond motifs is 1. The molecule has 0 saturated heterocycles. The van der Waals surface area contributed by atoms with Crippen LogP contribution in [0.25, 0.3) is 0 Å². The van der Waals surface area contributed by atoms with Crippen LogP contribution in [0.2, 0.25) is 0 Å². The first kappa shape index (κ1) is 23.3. The molecule has 0 aliphatic carbocycles. The molecule has 0 radical (unpaired) electrons. The highest BCUT2D eigenvalue weighted by Crippen LogP contribution is 2.55. The maximum absolute atomic E-state index is 10.9. The average Bonchev–Trinajstić information content (AvgIpc) is 2.76. The van der Waals surface area contributed by atoms with E-state index in [1.165, 1.54) is 11.1 Å². The number of benzene rings is 2. The second kappa shape index (κ2) is 10.3. The molecule has 0 spiro atoms. The maximum Gasteiger partial charge on any atom is 0.307 e. The minimum absolute atomic E-state index is 0.0551.